The average molecular weight is 221 g/mol. The van der Waals surface area contributed by atoms with Gasteiger partial charge in [-0.1, -0.05) is 31.5 Å². The lowest BCUT2D eigenvalue weighted by molar-refractivity contribution is 0.627. The molecule has 1 aromatic rings. The van der Waals surface area contributed by atoms with Crippen LogP contribution in [0.1, 0.15) is 25.3 Å². The quantitative estimate of drug-likeness (QED) is 0.767. The van der Waals surface area contributed by atoms with Crippen LogP contribution >= 0.6 is 11.8 Å². The molecule has 1 aromatic carbocycles. The molecule has 0 spiro atoms. The molecular formula is C13H19NS. The largest absolute Gasteiger partial charge is 0.316 e. The number of hydrogen-bond acceptors (Lipinski definition) is 2. The van der Waals surface area contributed by atoms with E-state index in [1.54, 1.807) is 0 Å². The Hall–Kier alpha value is -0.470. The van der Waals surface area contributed by atoms with Crippen LogP contribution in [0.15, 0.2) is 29.2 Å². The number of benzene rings is 1. The summed E-state index contributed by atoms with van der Waals surface area (Å²) < 4.78 is 0. The Morgan fingerprint density at radius 2 is 2.27 bits per heavy atom. The Morgan fingerprint density at radius 3 is 3.07 bits per heavy atom. The molecule has 0 amide bonds. The Balaban J connectivity index is 1.76. The Kier molecular flexibility index (Phi) is 4.09. The third-order valence-corrected chi connectivity index (χ3v) is 4.11. The number of thioether (sulfide) groups is 1. The van der Waals surface area contributed by atoms with E-state index in [0.717, 1.165) is 11.8 Å². The number of fused-ring (bicyclic) bond motifs is 1. The van der Waals surface area contributed by atoms with E-state index in [1.165, 1.54) is 36.3 Å². The molecule has 1 aliphatic heterocycles. The monoisotopic (exact) mass is 221 g/mol. The molecule has 0 aliphatic carbocycles. The van der Waals surface area contributed by atoms with E-state index in [1.807, 2.05) is 11.8 Å². The zero-order chi connectivity index (χ0) is 10.5. The summed E-state index contributed by atoms with van der Waals surface area (Å²) >= 11 is 2.03. The van der Waals surface area contributed by atoms with Crippen LogP contribution in [0, 0.1) is 0 Å². The summed E-state index contributed by atoms with van der Waals surface area (Å²) in [6.07, 6.45) is 3.81. The van der Waals surface area contributed by atoms with Gasteiger partial charge in [-0.15, -0.1) is 11.8 Å². The van der Waals surface area contributed by atoms with Crippen molar-refractivity contribution in [2.24, 2.45) is 0 Å². The molecule has 1 heterocycles. The van der Waals surface area contributed by atoms with E-state index < -0.39 is 0 Å². The van der Waals surface area contributed by atoms with Crippen molar-refractivity contribution in [1.29, 1.82) is 0 Å². The predicted molar refractivity (Wildman–Crippen MR) is 67.6 cm³/mol. The second kappa shape index (κ2) is 5.57. The first-order valence-electron chi connectivity index (χ1n) is 5.85. The first-order chi connectivity index (χ1) is 7.40. The van der Waals surface area contributed by atoms with Gasteiger partial charge < -0.3 is 5.32 Å². The van der Waals surface area contributed by atoms with Crippen molar-refractivity contribution < 1.29 is 0 Å². The lowest BCUT2D eigenvalue weighted by Crippen LogP contribution is -2.25. The van der Waals surface area contributed by atoms with Crippen molar-refractivity contribution in [3.8, 4) is 0 Å². The lowest BCUT2D eigenvalue weighted by Gasteiger charge is -2.09. The maximum atomic E-state index is 3.54. The van der Waals surface area contributed by atoms with Gasteiger partial charge in [-0.05, 0) is 31.0 Å². The first kappa shape index (κ1) is 11.0. The maximum absolute atomic E-state index is 3.54. The molecule has 82 valence electrons. The fourth-order valence-corrected chi connectivity index (χ4v) is 3.22. The van der Waals surface area contributed by atoms with E-state index in [2.05, 4.69) is 36.5 Å². The van der Waals surface area contributed by atoms with Gasteiger partial charge in [0.2, 0.25) is 0 Å². The van der Waals surface area contributed by atoms with Crippen LogP contribution in [0.5, 0.6) is 0 Å². The summed E-state index contributed by atoms with van der Waals surface area (Å²) in [6.45, 7) is 4.56. The number of nitrogens with one attached hydrogen (secondary N) is 1. The van der Waals surface area contributed by atoms with Crippen LogP contribution in [0.4, 0.5) is 0 Å². The van der Waals surface area contributed by atoms with E-state index >= 15 is 0 Å². The van der Waals surface area contributed by atoms with Gasteiger partial charge >= 0.3 is 0 Å². The highest BCUT2D eigenvalue weighted by molar-refractivity contribution is 8.00. The second-order valence-electron chi connectivity index (χ2n) is 4.11. The van der Waals surface area contributed by atoms with Gasteiger partial charge in [0.05, 0.1) is 0 Å². The molecule has 2 heteroatoms. The molecule has 1 nitrogen and oxygen atoms in total. The minimum atomic E-state index is 0.749. The Labute approximate surface area is 96.7 Å². The summed E-state index contributed by atoms with van der Waals surface area (Å²) in [5, 5.41) is 4.29. The zero-order valence-electron chi connectivity index (χ0n) is 9.33. The summed E-state index contributed by atoms with van der Waals surface area (Å²) in [5.41, 5.74) is 1.53. The van der Waals surface area contributed by atoms with Gasteiger partial charge in [0.25, 0.3) is 0 Å². The SMILES string of the molecule is CCCCNCC1Cc2ccccc2S1. The van der Waals surface area contributed by atoms with Gasteiger partial charge in [-0.25, -0.2) is 0 Å². The fraction of sp³-hybridized carbons (Fsp3) is 0.538. The molecule has 0 bridgehead atoms. The third kappa shape index (κ3) is 2.99. The van der Waals surface area contributed by atoms with Crippen LogP contribution in [0.25, 0.3) is 0 Å². The molecule has 0 aromatic heterocycles. The molecule has 1 atom stereocenters. The van der Waals surface area contributed by atoms with Crippen LogP contribution in [-0.2, 0) is 6.42 Å². The molecule has 2 rings (SSSR count). The van der Waals surface area contributed by atoms with Crippen LogP contribution < -0.4 is 5.32 Å². The van der Waals surface area contributed by atoms with Crippen LogP contribution in [0.3, 0.4) is 0 Å². The minimum absolute atomic E-state index is 0.749. The molecule has 15 heavy (non-hydrogen) atoms. The van der Waals surface area contributed by atoms with Gasteiger partial charge in [0.15, 0.2) is 0 Å². The van der Waals surface area contributed by atoms with Crippen molar-refractivity contribution >= 4 is 11.8 Å². The van der Waals surface area contributed by atoms with Gasteiger partial charge in [0, 0.05) is 16.7 Å². The molecule has 0 fully saturated rings. The zero-order valence-corrected chi connectivity index (χ0v) is 10.1. The van der Waals surface area contributed by atoms with Gasteiger partial charge in [0.1, 0.15) is 0 Å². The molecule has 1 unspecified atom stereocenters. The summed E-state index contributed by atoms with van der Waals surface area (Å²) in [4.78, 5) is 1.49. The summed E-state index contributed by atoms with van der Waals surface area (Å²) in [7, 11) is 0. The molecule has 1 aliphatic rings. The van der Waals surface area contributed by atoms with Crippen molar-refractivity contribution in [2.75, 3.05) is 13.1 Å². The first-order valence-corrected chi connectivity index (χ1v) is 6.73. The molecular weight excluding hydrogens is 202 g/mol. The van der Waals surface area contributed by atoms with Crippen LogP contribution in [-0.4, -0.2) is 18.3 Å². The topological polar surface area (TPSA) is 12.0 Å². The van der Waals surface area contributed by atoms with Gasteiger partial charge in [-0.2, -0.15) is 0 Å². The third-order valence-electron chi connectivity index (χ3n) is 2.79. The predicted octanol–water partition coefficient (Wildman–Crippen LogP) is 3.09. The molecule has 0 saturated carbocycles. The highest BCUT2D eigenvalue weighted by Crippen LogP contribution is 2.36. The van der Waals surface area contributed by atoms with Crippen molar-refractivity contribution in [1.82, 2.24) is 5.32 Å². The molecule has 0 radical (unpaired) electrons. The molecule has 1 N–H and O–H groups in total. The smallest absolute Gasteiger partial charge is 0.0260 e. The van der Waals surface area contributed by atoms with E-state index in [4.69, 9.17) is 0 Å². The van der Waals surface area contributed by atoms with E-state index in [9.17, 15) is 0 Å². The Morgan fingerprint density at radius 1 is 1.40 bits per heavy atom. The van der Waals surface area contributed by atoms with Crippen LogP contribution in [0.2, 0.25) is 0 Å². The highest BCUT2D eigenvalue weighted by atomic mass is 32.2. The number of hydrogen-bond donors (Lipinski definition) is 1. The highest BCUT2D eigenvalue weighted by Gasteiger charge is 2.20. The fourth-order valence-electron chi connectivity index (χ4n) is 1.93. The summed E-state index contributed by atoms with van der Waals surface area (Å²) in [6, 6.07) is 8.78. The minimum Gasteiger partial charge on any atom is -0.316 e. The van der Waals surface area contributed by atoms with Crippen molar-refractivity contribution in [2.45, 2.75) is 36.3 Å². The lowest BCUT2D eigenvalue weighted by atomic mass is 10.1. The van der Waals surface area contributed by atoms with Crippen molar-refractivity contribution in [3.63, 3.8) is 0 Å². The van der Waals surface area contributed by atoms with Crippen molar-refractivity contribution in [3.05, 3.63) is 29.8 Å². The summed E-state index contributed by atoms with van der Waals surface area (Å²) in [5.74, 6) is 0. The van der Waals surface area contributed by atoms with Gasteiger partial charge in [-0.3, -0.25) is 0 Å². The number of rotatable bonds is 5. The number of unbranched alkanes of at least 4 members (excludes halogenated alkanes) is 1. The average Bonchev–Trinajstić information content (AvgIpc) is 2.67. The second-order valence-corrected chi connectivity index (χ2v) is 5.45. The normalized spacial score (nSPS) is 19.1. The van der Waals surface area contributed by atoms with E-state index in [-0.39, 0.29) is 0 Å². The standard InChI is InChI=1S/C13H19NS/c1-2-3-8-14-10-12-9-11-6-4-5-7-13(11)15-12/h4-7,12,14H,2-3,8-10H2,1H3. The Bertz CT molecular complexity index is 286. The van der Waals surface area contributed by atoms with E-state index in [0.29, 0.717) is 0 Å². The molecule has 0 saturated heterocycles. The maximum Gasteiger partial charge on any atom is 0.0260 e.